The van der Waals surface area contributed by atoms with Gasteiger partial charge in [0.05, 0.1) is 44.5 Å². The van der Waals surface area contributed by atoms with E-state index >= 15 is 0 Å². The number of piperazine rings is 1. The van der Waals surface area contributed by atoms with Crippen LogP contribution in [-0.4, -0.2) is 79.8 Å². The van der Waals surface area contributed by atoms with Gasteiger partial charge < -0.3 is 24.4 Å². The molecule has 0 bridgehead atoms. The smallest absolute Gasteiger partial charge is 0.328 e. The summed E-state index contributed by atoms with van der Waals surface area (Å²) >= 11 is 8.15. The molecular weight excluding hydrogens is 474 g/mol. The lowest BCUT2D eigenvalue weighted by atomic mass is 10.2. The van der Waals surface area contributed by atoms with Crippen LogP contribution in [0.1, 0.15) is 6.42 Å². The van der Waals surface area contributed by atoms with E-state index in [1.54, 1.807) is 0 Å². The molecule has 2 aliphatic rings. The van der Waals surface area contributed by atoms with Crippen molar-refractivity contribution in [3.63, 3.8) is 0 Å². The Morgan fingerprint density at radius 2 is 1.74 bits per heavy atom. The van der Waals surface area contributed by atoms with Gasteiger partial charge >= 0.3 is 5.97 Å². The summed E-state index contributed by atoms with van der Waals surface area (Å²) in [5.41, 5.74) is 2.56. The van der Waals surface area contributed by atoms with E-state index in [9.17, 15) is 14.7 Å². The predicted octanol–water partition coefficient (Wildman–Crippen LogP) is 3.10. The fourth-order valence-electron chi connectivity index (χ4n) is 3.91. The fraction of sp³-hybridized carbons (Fsp3) is 0.360. The number of carbonyl (C=O) groups excluding carboxylic acids is 1. The van der Waals surface area contributed by atoms with Gasteiger partial charge in [0.2, 0.25) is 0 Å². The zero-order valence-corrected chi connectivity index (χ0v) is 21.0. The first-order chi connectivity index (χ1) is 16.1. The molecule has 0 saturated carbocycles. The number of quaternary nitrogens is 1. The maximum atomic E-state index is 9.53. The van der Waals surface area contributed by atoms with Crippen molar-refractivity contribution >= 4 is 46.7 Å². The molecule has 182 valence electrons. The molecule has 2 aromatic carbocycles. The van der Waals surface area contributed by atoms with Crippen molar-refractivity contribution < 1.29 is 24.3 Å². The quantitative estimate of drug-likeness (QED) is 0.479. The first-order valence-electron chi connectivity index (χ1n) is 11.1. The summed E-state index contributed by atoms with van der Waals surface area (Å²) in [6.07, 6.45) is 2.11. The van der Waals surface area contributed by atoms with Gasteiger partial charge in [0.15, 0.2) is 0 Å². The Labute approximate surface area is 209 Å². The van der Waals surface area contributed by atoms with E-state index in [2.05, 4.69) is 60.3 Å². The van der Waals surface area contributed by atoms with Crippen molar-refractivity contribution in [3.8, 4) is 0 Å². The van der Waals surface area contributed by atoms with Gasteiger partial charge in [-0.2, -0.15) is 0 Å². The van der Waals surface area contributed by atoms with Gasteiger partial charge in [0, 0.05) is 47.1 Å². The second-order valence-corrected chi connectivity index (χ2v) is 10.4. The van der Waals surface area contributed by atoms with Crippen molar-refractivity contribution in [1.82, 2.24) is 4.90 Å². The highest BCUT2D eigenvalue weighted by Crippen LogP contribution is 2.48. The molecule has 0 unspecified atom stereocenters. The van der Waals surface area contributed by atoms with Gasteiger partial charge in [-0.1, -0.05) is 35.5 Å². The lowest BCUT2D eigenvalue weighted by Gasteiger charge is -2.39. The molecule has 2 aliphatic heterocycles. The minimum atomic E-state index is -1.51. The number of nitrogens with zero attached hydrogens (tertiary/aromatic N) is 3. The van der Waals surface area contributed by atoms with Crippen LogP contribution in [0.2, 0.25) is 5.02 Å². The molecule has 2 aromatic rings. The van der Waals surface area contributed by atoms with Gasteiger partial charge in [0.25, 0.3) is 0 Å². The van der Waals surface area contributed by atoms with E-state index in [0.717, 1.165) is 16.1 Å². The lowest BCUT2D eigenvalue weighted by Crippen LogP contribution is -2.54. The highest BCUT2D eigenvalue weighted by Gasteiger charge is 2.26. The van der Waals surface area contributed by atoms with Crippen molar-refractivity contribution in [3.05, 3.63) is 59.6 Å². The Morgan fingerprint density at radius 3 is 2.38 bits per heavy atom. The molecule has 0 amide bonds. The third kappa shape index (κ3) is 7.50. The number of rotatable bonds is 6. The van der Waals surface area contributed by atoms with Crippen LogP contribution in [0.25, 0.3) is 0 Å². The number of likely N-dealkylation sites (N-methyl/N-ethyl adjacent to an activating group) is 1. The predicted molar refractivity (Wildman–Crippen MR) is 134 cm³/mol. The van der Waals surface area contributed by atoms with Crippen LogP contribution < -0.4 is 10.0 Å². The van der Waals surface area contributed by atoms with Crippen LogP contribution in [0.15, 0.2) is 64.4 Å². The summed E-state index contributed by atoms with van der Waals surface area (Å²) in [5.74, 6) is -2.80. The molecule has 0 spiro atoms. The minimum absolute atomic E-state index is 0.447. The zero-order chi connectivity index (χ0) is 24.7. The normalized spacial score (nSPS) is 16.9. The maximum absolute atomic E-state index is 9.53. The highest BCUT2D eigenvalue weighted by molar-refractivity contribution is 7.99. The molecule has 9 heteroatoms. The third-order valence-electron chi connectivity index (χ3n) is 5.85. The van der Waals surface area contributed by atoms with Crippen LogP contribution in [0.5, 0.6) is 0 Å². The monoisotopic (exact) mass is 503 g/mol. The molecule has 0 aliphatic carbocycles. The summed E-state index contributed by atoms with van der Waals surface area (Å²) in [4.78, 5) is 26.7. The number of carbonyl (C=O) groups is 2. The van der Waals surface area contributed by atoms with Gasteiger partial charge in [0.1, 0.15) is 0 Å². The zero-order valence-electron chi connectivity index (χ0n) is 19.4. The Kier molecular flexibility index (Phi) is 9.02. The molecule has 34 heavy (non-hydrogen) atoms. The SMILES string of the molecule is C[N+]1(C)CCN(CCCN2c3ccccc3Sc3ccc(Cl)cc32)CC1.O=C([O-])C=CC(=O)O. The Bertz CT molecular complexity index is 1030. The molecule has 0 aromatic heterocycles. The standard InChI is InChI=1S/C21H27ClN3S.C4H4O4/c1-25(2)14-12-23(13-15-25)10-5-11-24-18-6-3-4-7-20(18)26-21-9-8-17(22)16-19(21)24;5-3(6)1-2-4(7)8/h3-4,6-9,16H,5,10-15H2,1-2H3;1-2H,(H,5,6)(H,7,8)/q+1;/p-1. The van der Waals surface area contributed by atoms with Crippen molar-refractivity contribution in [2.75, 3.05) is 58.3 Å². The average molecular weight is 504 g/mol. The maximum Gasteiger partial charge on any atom is 0.328 e. The molecule has 1 fully saturated rings. The molecule has 0 radical (unpaired) electrons. The van der Waals surface area contributed by atoms with Gasteiger partial charge in [-0.3, -0.25) is 4.90 Å². The van der Waals surface area contributed by atoms with Crippen LogP contribution in [0.3, 0.4) is 0 Å². The molecule has 4 rings (SSSR count). The number of carboxylic acid groups (broad SMARTS) is 2. The Balaban J connectivity index is 0.000000350. The molecule has 2 heterocycles. The van der Waals surface area contributed by atoms with Crippen LogP contribution >= 0.6 is 23.4 Å². The topological polar surface area (TPSA) is 83.9 Å². The molecule has 1 saturated heterocycles. The number of anilines is 2. The van der Waals surface area contributed by atoms with Gasteiger partial charge in [-0.05, 0) is 42.8 Å². The number of hydrogen-bond acceptors (Lipinski definition) is 6. The van der Waals surface area contributed by atoms with Crippen molar-refractivity contribution in [2.24, 2.45) is 0 Å². The Morgan fingerprint density at radius 1 is 1.06 bits per heavy atom. The summed E-state index contributed by atoms with van der Waals surface area (Å²) in [6.45, 7) is 7.12. The van der Waals surface area contributed by atoms with Crippen LogP contribution in [0.4, 0.5) is 11.4 Å². The first kappa shape index (κ1) is 26.1. The second kappa shape index (κ2) is 11.8. The molecule has 1 N–H and O–H groups in total. The third-order valence-corrected chi connectivity index (χ3v) is 7.21. The van der Waals surface area contributed by atoms with E-state index in [0.29, 0.717) is 12.2 Å². The van der Waals surface area contributed by atoms with Gasteiger partial charge in [-0.15, -0.1) is 0 Å². The summed E-state index contributed by atoms with van der Waals surface area (Å²) in [5, 5.41) is 18.0. The summed E-state index contributed by atoms with van der Waals surface area (Å²) < 4.78 is 1.15. The average Bonchev–Trinajstić information content (AvgIpc) is 2.79. The Hall–Kier alpha value is -2.52. The second-order valence-electron chi connectivity index (χ2n) is 8.90. The minimum Gasteiger partial charge on any atom is -0.545 e. The molecule has 7 nitrogen and oxygen atoms in total. The summed E-state index contributed by atoms with van der Waals surface area (Å²) in [6, 6.07) is 15.0. The summed E-state index contributed by atoms with van der Waals surface area (Å²) in [7, 11) is 4.67. The van der Waals surface area contributed by atoms with Crippen molar-refractivity contribution in [2.45, 2.75) is 16.2 Å². The fourth-order valence-corrected chi connectivity index (χ4v) is 5.15. The van der Waals surface area contributed by atoms with Crippen molar-refractivity contribution in [1.29, 1.82) is 0 Å². The van der Waals surface area contributed by atoms with Crippen LogP contribution in [0, 0.1) is 0 Å². The van der Waals surface area contributed by atoms with E-state index in [-0.39, 0.29) is 0 Å². The largest absolute Gasteiger partial charge is 0.545 e. The van der Waals surface area contributed by atoms with Gasteiger partial charge in [-0.25, -0.2) is 4.79 Å². The van der Waals surface area contributed by atoms with E-state index in [4.69, 9.17) is 16.7 Å². The number of halogens is 1. The van der Waals surface area contributed by atoms with E-state index in [1.807, 2.05) is 17.8 Å². The molecule has 0 atom stereocenters. The first-order valence-corrected chi connectivity index (χ1v) is 12.3. The molecular formula is C25H30ClN3O4S. The number of aliphatic carboxylic acids is 2. The highest BCUT2D eigenvalue weighted by atomic mass is 35.5. The number of carboxylic acids is 2. The number of fused-ring (bicyclic) bond motifs is 2. The van der Waals surface area contributed by atoms with Crippen LogP contribution in [-0.2, 0) is 9.59 Å². The number of benzene rings is 2. The number of para-hydroxylation sites is 1. The number of hydrogen-bond donors (Lipinski definition) is 1. The lowest BCUT2D eigenvalue weighted by molar-refractivity contribution is -0.894. The van der Waals surface area contributed by atoms with E-state index in [1.165, 1.54) is 60.3 Å². The van der Waals surface area contributed by atoms with E-state index < -0.39 is 11.9 Å².